The number of allylic oxidation sites excluding steroid dienone is 1. The Labute approximate surface area is 102 Å². The lowest BCUT2D eigenvalue weighted by Crippen LogP contribution is -2.07. The van der Waals surface area contributed by atoms with Crippen molar-refractivity contribution in [3.8, 4) is 0 Å². The van der Waals surface area contributed by atoms with Gasteiger partial charge in [-0.2, -0.15) is 0 Å². The van der Waals surface area contributed by atoms with Crippen LogP contribution in [0.25, 0.3) is 0 Å². The number of aliphatic imine (C=N–C) groups is 1. The van der Waals surface area contributed by atoms with Crippen LogP contribution >= 0.6 is 0 Å². The molecule has 0 bridgehead atoms. The van der Waals surface area contributed by atoms with Gasteiger partial charge in [0.15, 0.2) is 0 Å². The van der Waals surface area contributed by atoms with Gasteiger partial charge in [0.1, 0.15) is 5.84 Å². The van der Waals surface area contributed by atoms with E-state index in [9.17, 15) is 0 Å². The van der Waals surface area contributed by atoms with Gasteiger partial charge < -0.3 is 16.9 Å². The summed E-state index contributed by atoms with van der Waals surface area (Å²) in [5, 5.41) is 7.21. The Morgan fingerprint density at radius 2 is 2.18 bits per heavy atom. The van der Waals surface area contributed by atoms with Gasteiger partial charge in [-0.3, -0.25) is 0 Å². The number of amidine groups is 1. The summed E-state index contributed by atoms with van der Waals surface area (Å²) in [6, 6.07) is 5.25. The van der Waals surface area contributed by atoms with Crippen LogP contribution in [0.2, 0.25) is 0 Å². The Balaban J connectivity index is 3.02. The van der Waals surface area contributed by atoms with Crippen molar-refractivity contribution < 1.29 is 0 Å². The number of anilines is 1. The van der Waals surface area contributed by atoms with Crippen molar-refractivity contribution in [2.45, 2.75) is 20.3 Å². The van der Waals surface area contributed by atoms with Crippen molar-refractivity contribution >= 4 is 23.4 Å². The molecule has 0 unspecified atom stereocenters. The minimum absolute atomic E-state index is 0.463. The van der Waals surface area contributed by atoms with Gasteiger partial charge in [0.2, 0.25) is 0 Å². The molecule has 0 fully saturated rings. The summed E-state index contributed by atoms with van der Waals surface area (Å²) in [5.41, 5.74) is 14.6. The SMILES string of the molecule is CC/C(C)=C\C(N)=Nc1ccc(N)c(C=N)c1. The minimum Gasteiger partial charge on any atom is -0.398 e. The van der Waals surface area contributed by atoms with Crippen LogP contribution in [-0.2, 0) is 0 Å². The number of rotatable bonds is 4. The highest BCUT2D eigenvalue weighted by Crippen LogP contribution is 2.18. The number of nitrogen functional groups attached to an aromatic ring is 1. The fourth-order valence-corrected chi connectivity index (χ4v) is 1.29. The van der Waals surface area contributed by atoms with Crippen molar-refractivity contribution in [3.63, 3.8) is 0 Å². The molecule has 17 heavy (non-hydrogen) atoms. The van der Waals surface area contributed by atoms with E-state index in [1.54, 1.807) is 18.2 Å². The summed E-state index contributed by atoms with van der Waals surface area (Å²) >= 11 is 0. The molecule has 1 rings (SSSR count). The van der Waals surface area contributed by atoms with E-state index in [2.05, 4.69) is 11.9 Å². The van der Waals surface area contributed by atoms with E-state index in [1.165, 1.54) is 11.8 Å². The predicted octanol–water partition coefficient (Wildman–Crippen LogP) is 2.61. The van der Waals surface area contributed by atoms with E-state index >= 15 is 0 Å². The monoisotopic (exact) mass is 230 g/mol. The molecule has 4 nitrogen and oxygen atoms in total. The molecule has 4 heteroatoms. The van der Waals surface area contributed by atoms with E-state index in [1.807, 2.05) is 13.0 Å². The number of benzene rings is 1. The van der Waals surface area contributed by atoms with Crippen molar-refractivity contribution in [3.05, 3.63) is 35.4 Å². The maximum absolute atomic E-state index is 7.21. The third-order valence-electron chi connectivity index (χ3n) is 2.44. The van der Waals surface area contributed by atoms with E-state index in [4.69, 9.17) is 16.9 Å². The highest BCUT2D eigenvalue weighted by Gasteiger charge is 1.98. The zero-order valence-electron chi connectivity index (χ0n) is 10.2. The van der Waals surface area contributed by atoms with Gasteiger partial charge in [0.25, 0.3) is 0 Å². The van der Waals surface area contributed by atoms with Crippen molar-refractivity contribution in [1.29, 1.82) is 5.41 Å². The summed E-state index contributed by atoms with van der Waals surface area (Å²) in [7, 11) is 0. The molecule has 0 amide bonds. The molecule has 0 radical (unpaired) electrons. The molecule has 0 aliphatic heterocycles. The van der Waals surface area contributed by atoms with Gasteiger partial charge in [0.05, 0.1) is 5.69 Å². The Morgan fingerprint density at radius 1 is 1.47 bits per heavy atom. The first kappa shape index (κ1) is 13.0. The van der Waals surface area contributed by atoms with Crippen molar-refractivity contribution in [1.82, 2.24) is 0 Å². The molecular formula is C13H18N4. The maximum atomic E-state index is 7.21. The number of hydrogen-bond donors (Lipinski definition) is 3. The van der Waals surface area contributed by atoms with E-state index in [-0.39, 0.29) is 0 Å². The smallest absolute Gasteiger partial charge is 0.123 e. The van der Waals surface area contributed by atoms with E-state index in [0.29, 0.717) is 22.8 Å². The number of hydrogen-bond acceptors (Lipinski definition) is 3. The third-order valence-corrected chi connectivity index (χ3v) is 2.44. The van der Waals surface area contributed by atoms with E-state index < -0.39 is 0 Å². The molecule has 0 saturated heterocycles. The summed E-state index contributed by atoms with van der Waals surface area (Å²) < 4.78 is 0. The summed E-state index contributed by atoms with van der Waals surface area (Å²) in [6.07, 6.45) is 4.00. The minimum atomic E-state index is 0.463. The summed E-state index contributed by atoms with van der Waals surface area (Å²) in [5.74, 6) is 0.463. The second kappa shape index (κ2) is 5.84. The van der Waals surface area contributed by atoms with Crippen LogP contribution in [0.3, 0.4) is 0 Å². The Kier molecular flexibility index (Phi) is 4.46. The van der Waals surface area contributed by atoms with Gasteiger partial charge in [-0.25, -0.2) is 4.99 Å². The lowest BCUT2D eigenvalue weighted by atomic mass is 10.2. The molecule has 0 heterocycles. The third kappa shape index (κ3) is 3.75. The van der Waals surface area contributed by atoms with Crippen LogP contribution in [0, 0.1) is 5.41 Å². The standard InChI is InChI=1S/C13H18N4/c1-3-9(2)6-13(16)17-11-4-5-12(15)10(7-11)8-14/h4-8,14H,3,15H2,1-2H3,(H2,16,17)/b9-6-,14-8?. The largest absolute Gasteiger partial charge is 0.398 e. The first-order valence-corrected chi connectivity index (χ1v) is 5.48. The topological polar surface area (TPSA) is 88.2 Å². The molecular weight excluding hydrogens is 212 g/mol. The summed E-state index contributed by atoms with van der Waals surface area (Å²) in [4.78, 5) is 4.26. The number of nitrogens with one attached hydrogen (secondary N) is 1. The second-order valence-electron chi connectivity index (χ2n) is 3.84. The van der Waals surface area contributed by atoms with Gasteiger partial charge in [-0.1, -0.05) is 12.5 Å². The van der Waals surface area contributed by atoms with Crippen LogP contribution in [0.5, 0.6) is 0 Å². The second-order valence-corrected chi connectivity index (χ2v) is 3.84. The van der Waals surface area contributed by atoms with Crippen LogP contribution < -0.4 is 11.5 Å². The van der Waals surface area contributed by atoms with Gasteiger partial charge in [-0.05, 0) is 37.6 Å². The van der Waals surface area contributed by atoms with Gasteiger partial charge >= 0.3 is 0 Å². The molecule has 0 aromatic heterocycles. The quantitative estimate of drug-likeness (QED) is 0.421. The molecule has 1 aromatic carbocycles. The van der Waals surface area contributed by atoms with Gasteiger partial charge in [-0.15, -0.1) is 0 Å². The normalized spacial score (nSPS) is 12.6. The zero-order chi connectivity index (χ0) is 12.8. The molecule has 90 valence electrons. The predicted molar refractivity (Wildman–Crippen MR) is 74.1 cm³/mol. The van der Waals surface area contributed by atoms with E-state index in [0.717, 1.165) is 6.42 Å². The molecule has 0 aliphatic carbocycles. The Hall–Kier alpha value is -2.10. The van der Waals surface area contributed by atoms with Crippen LogP contribution in [-0.4, -0.2) is 12.1 Å². The lowest BCUT2D eigenvalue weighted by molar-refractivity contribution is 1.10. The fraction of sp³-hybridized carbons (Fsp3) is 0.231. The number of nitrogens with two attached hydrogens (primary N) is 2. The first-order valence-electron chi connectivity index (χ1n) is 5.48. The van der Waals surface area contributed by atoms with Crippen molar-refractivity contribution in [2.24, 2.45) is 10.7 Å². The molecule has 1 aromatic rings. The van der Waals surface area contributed by atoms with Crippen LogP contribution in [0.1, 0.15) is 25.8 Å². The first-order chi connectivity index (χ1) is 8.06. The van der Waals surface area contributed by atoms with Crippen LogP contribution in [0.15, 0.2) is 34.8 Å². The van der Waals surface area contributed by atoms with Crippen LogP contribution in [0.4, 0.5) is 11.4 Å². The fourth-order valence-electron chi connectivity index (χ4n) is 1.29. The summed E-state index contributed by atoms with van der Waals surface area (Å²) in [6.45, 7) is 4.07. The molecule has 0 spiro atoms. The van der Waals surface area contributed by atoms with Crippen molar-refractivity contribution in [2.75, 3.05) is 5.73 Å². The van der Waals surface area contributed by atoms with Gasteiger partial charge in [0, 0.05) is 17.5 Å². The lowest BCUT2D eigenvalue weighted by Gasteiger charge is -2.02. The molecule has 0 saturated carbocycles. The highest BCUT2D eigenvalue weighted by atomic mass is 14.8. The molecule has 5 N–H and O–H groups in total. The zero-order valence-corrected chi connectivity index (χ0v) is 10.2. The Morgan fingerprint density at radius 3 is 2.76 bits per heavy atom. The average Bonchev–Trinajstić information content (AvgIpc) is 2.31. The Bertz CT molecular complexity index is 472. The average molecular weight is 230 g/mol. The number of nitrogens with zero attached hydrogens (tertiary/aromatic N) is 1. The highest BCUT2D eigenvalue weighted by molar-refractivity contribution is 5.94. The molecule has 0 atom stereocenters. The maximum Gasteiger partial charge on any atom is 0.123 e. The molecule has 0 aliphatic rings.